The molecule has 0 atom stereocenters. The number of benzene rings is 2. The van der Waals surface area contributed by atoms with Gasteiger partial charge in [-0.1, -0.05) is 34.1 Å². The quantitative estimate of drug-likeness (QED) is 0.730. The van der Waals surface area contributed by atoms with Crippen molar-refractivity contribution in [3.05, 3.63) is 63.6 Å². The molecule has 1 amide bonds. The van der Waals surface area contributed by atoms with Gasteiger partial charge in [-0.15, -0.1) is 11.8 Å². The van der Waals surface area contributed by atoms with Crippen molar-refractivity contribution in [2.45, 2.75) is 18.4 Å². The number of thioether (sulfide) groups is 1. The third-order valence-corrected chi connectivity index (χ3v) is 4.94. The predicted octanol–water partition coefficient (Wildman–Crippen LogP) is 4.75. The molecule has 0 aliphatic heterocycles. The molecule has 0 unspecified atom stereocenters. The summed E-state index contributed by atoms with van der Waals surface area (Å²) in [7, 11) is 1.83. The lowest BCUT2D eigenvalue weighted by atomic mass is 10.1. The number of hydrogen-bond donors (Lipinski definition) is 0. The van der Waals surface area contributed by atoms with Gasteiger partial charge in [0.25, 0.3) is 5.91 Å². The Hall–Kier alpha value is -1.26. The first-order valence-electron chi connectivity index (χ1n) is 6.66. The highest BCUT2D eigenvalue weighted by Gasteiger charge is 2.13. The standard InChI is InChI=1S/C17H18BrNOS/c1-12-4-7-14(10-16(12)18)17(20)19(2)11-13-5-8-15(21-3)9-6-13/h4-10H,11H2,1-3H3. The Morgan fingerprint density at radius 3 is 2.43 bits per heavy atom. The highest BCUT2D eigenvalue weighted by Crippen LogP contribution is 2.19. The Balaban J connectivity index is 2.09. The molecule has 110 valence electrons. The number of carbonyl (C=O) groups is 1. The van der Waals surface area contributed by atoms with Gasteiger partial charge < -0.3 is 4.90 Å². The van der Waals surface area contributed by atoms with Gasteiger partial charge in [-0.05, 0) is 48.6 Å². The van der Waals surface area contributed by atoms with Gasteiger partial charge in [0.1, 0.15) is 0 Å². The normalized spacial score (nSPS) is 10.5. The average molecular weight is 364 g/mol. The molecule has 4 heteroatoms. The van der Waals surface area contributed by atoms with Crippen LogP contribution in [0.2, 0.25) is 0 Å². The minimum absolute atomic E-state index is 0.0321. The van der Waals surface area contributed by atoms with Gasteiger partial charge in [0, 0.05) is 28.5 Å². The predicted molar refractivity (Wildman–Crippen MR) is 92.9 cm³/mol. The van der Waals surface area contributed by atoms with Crippen LogP contribution in [-0.4, -0.2) is 24.1 Å². The molecule has 0 aromatic heterocycles. The highest BCUT2D eigenvalue weighted by atomic mass is 79.9. The Bertz CT molecular complexity index is 640. The number of rotatable bonds is 4. The van der Waals surface area contributed by atoms with Crippen molar-refractivity contribution in [2.75, 3.05) is 13.3 Å². The second-order valence-corrected chi connectivity index (χ2v) is 6.71. The van der Waals surface area contributed by atoms with E-state index in [0.717, 1.165) is 15.6 Å². The molecule has 21 heavy (non-hydrogen) atoms. The molecule has 0 bridgehead atoms. The highest BCUT2D eigenvalue weighted by molar-refractivity contribution is 9.10. The third-order valence-electron chi connectivity index (χ3n) is 3.34. The molecule has 2 rings (SSSR count). The summed E-state index contributed by atoms with van der Waals surface area (Å²) in [6.07, 6.45) is 2.06. The number of amides is 1. The van der Waals surface area contributed by atoms with E-state index >= 15 is 0 Å². The summed E-state index contributed by atoms with van der Waals surface area (Å²) in [5, 5.41) is 0. The van der Waals surface area contributed by atoms with E-state index in [2.05, 4.69) is 46.5 Å². The minimum Gasteiger partial charge on any atom is -0.337 e. The molecule has 2 aromatic carbocycles. The van der Waals surface area contributed by atoms with Crippen LogP contribution in [0.3, 0.4) is 0 Å². The maximum Gasteiger partial charge on any atom is 0.253 e. The van der Waals surface area contributed by atoms with Crippen molar-refractivity contribution >= 4 is 33.6 Å². The van der Waals surface area contributed by atoms with E-state index in [0.29, 0.717) is 12.1 Å². The fraction of sp³-hybridized carbons (Fsp3) is 0.235. The average Bonchev–Trinajstić information content (AvgIpc) is 2.50. The number of aryl methyl sites for hydroxylation is 1. The largest absolute Gasteiger partial charge is 0.337 e. The zero-order valence-corrected chi connectivity index (χ0v) is 14.8. The number of carbonyl (C=O) groups excluding carboxylic acids is 1. The van der Waals surface area contributed by atoms with E-state index in [-0.39, 0.29) is 5.91 Å². The van der Waals surface area contributed by atoms with Gasteiger partial charge in [-0.2, -0.15) is 0 Å². The molecule has 0 N–H and O–H groups in total. The van der Waals surface area contributed by atoms with Gasteiger partial charge in [0.05, 0.1) is 0 Å². The molecular weight excluding hydrogens is 346 g/mol. The molecule has 0 fully saturated rings. The summed E-state index contributed by atoms with van der Waals surface area (Å²) < 4.78 is 0.964. The molecule has 2 nitrogen and oxygen atoms in total. The molecule has 0 radical (unpaired) electrons. The first-order valence-corrected chi connectivity index (χ1v) is 8.67. The SMILES string of the molecule is CSc1ccc(CN(C)C(=O)c2ccc(C)c(Br)c2)cc1. The van der Waals surface area contributed by atoms with Crippen molar-refractivity contribution in [3.63, 3.8) is 0 Å². The van der Waals surface area contributed by atoms with Crippen molar-refractivity contribution in [2.24, 2.45) is 0 Å². The molecular formula is C17H18BrNOS. The van der Waals surface area contributed by atoms with Crippen LogP contribution in [0.4, 0.5) is 0 Å². The molecule has 0 saturated carbocycles. The van der Waals surface area contributed by atoms with Crippen LogP contribution in [-0.2, 0) is 6.54 Å². The maximum absolute atomic E-state index is 12.4. The molecule has 0 spiro atoms. The molecule has 0 aliphatic carbocycles. The minimum atomic E-state index is 0.0321. The van der Waals surface area contributed by atoms with Crippen molar-refractivity contribution in [1.29, 1.82) is 0 Å². The third kappa shape index (κ3) is 4.11. The Morgan fingerprint density at radius 2 is 1.86 bits per heavy atom. The van der Waals surface area contributed by atoms with Gasteiger partial charge >= 0.3 is 0 Å². The summed E-state index contributed by atoms with van der Waals surface area (Å²) in [5.74, 6) is 0.0321. The second-order valence-electron chi connectivity index (χ2n) is 4.97. The van der Waals surface area contributed by atoms with Crippen molar-refractivity contribution < 1.29 is 4.79 Å². The lowest BCUT2D eigenvalue weighted by Crippen LogP contribution is -2.26. The number of halogens is 1. The fourth-order valence-electron chi connectivity index (χ4n) is 2.02. The first kappa shape index (κ1) is 16.1. The van der Waals surface area contributed by atoms with E-state index in [1.807, 2.05) is 32.2 Å². The van der Waals surface area contributed by atoms with Crippen LogP contribution < -0.4 is 0 Å². The topological polar surface area (TPSA) is 20.3 Å². The zero-order valence-electron chi connectivity index (χ0n) is 12.4. The summed E-state index contributed by atoms with van der Waals surface area (Å²) >= 11 is 5.19. The van der Waals surface area contributed by atoms with E-state index in [4.69, 9.17) is 0 Å². The summed E-state index contributed by atoms with van der Waals surface area (Å²) in [5.41, 5.74) is 2.97. The van der Waals surface area contributed by atoms with Gasteiger partial charge in [0.2, 0.25) is 0 Å². The van der Waals surface area contributed by atoms with Crippen LogP contribution >= 0.6 is 27.7 Å². The smallest absolute Gasteiger partial charge is 0.253 e. The molecule has 0 saturated heterocycles. The van der Waals surface area contributed by atoms with E-state index in [1.165, 1.54) is 4.90 Å². The van der Waals surface area contributed by atoms with E-state index in [1.54, 1.807) is 16.7 Å². The first-order chi connectivity index (χ1) is 10.0. The molecule has 0 heterocycles. The van der Waals surface area contributed by atoms with Crippen molar-refractivity contribution in [3.8, 4) is 0 Å². The van der Waals surface area contributed by atoms with E-state index in [9.17, 15) is 4.79 Å². The lowest BCUT2D eigenvalue weighted by molar-refractivity contribution is 0.0785. The monoisotopic (exact) mass is 363 g/mol. The van der Waals surface area contributed by atoms with Crippen LogP contribution in [0.1, 0.15) is 21.5 Å². The lowest BCUT2D eigenvalue weighted by Gasteiger charge is -2.18. The maximum atomic E-state index is 12.4. The van der Waals surface area contributed by atoms with Gasteiger partial charge in [-0.25, -0.2) is 0 Å². The Labute approximate surface area is 138 Å². The summed E-state index contributed by atoms with van der Waals surface area (Å²) in [4.78, 5) is 15.4. The Morgan fingerprint density at radius 1 is 1.19 bits per heavy atom. The summed E-state index contributed by atoms with van der Waals surface area (Å²) in [6, 6.07) is 14.0. The molecule has 2 aromatic rings. The summed E-state index contributed by atoms with van der Waals surface area (Å²) in [6.45, 7) is 2.62. The van der Waals surface area contributed by atoms with E-state index < -0.39 is 0 Å². The van der Waals surface area contributed by atoms with Crippen LogP contribution in [0, 0.1) is 6.92 Å². The number of hydrogen-bond acceptors (Lipinski definition) is 2. The fourth-order valence-corrected chi connectivity index (χ4v) is 2.81. The Kier molecular flexibility index (Phi) is 5.48. The zero-order chi connectivity index (χ0) is 15.4. The van der Waals surface area contributed by atoms with Crippen LogP contribution in [0.25, 0.3) is 0 Å². The number of nitrogens with zero attached hydrogens (tertiary/aromatic N) is 1. The van der Waals surface area contributed by atoms with Gasteiger partial charge in [0.15, 0.2) is 0 Å². The van der Waals surface area contributed by atoms with Crippen LogP contribution in [0.15, 0.2) is 51.8 Å². The second kappa shape index (κ2) is 7.14. The van der Waals surface area contributed by atoms with Gasteiger partial charge in [-0.3, -0.25) is 4.79 Å². The van der Waals surface area contributed by atoms with Crippen molar-refractivity contribution in [1.82, 2.24) is 4.90 Å². The van der Waals surface area contributed by atoms with Crippen LogP contribution in [0.5, 0.6) is 0 Å². The molecule has 0 aliphatic rings.